The highest BCUT2D eigenvalue weighted by molar-refractivity contribution is 6.04. The van der Waals surface area contributed by atoms with Gasteiger partial charge in [-0.05, 0) is 68.3 Å². The zero-order valence-corrected chi connectivity index (χ0v) is 24.8. The average Bonchev–Trinajstić information content (AvgIpc) is 2.97. The molecule has 2 N–H and O–H groups in total. The molecular weight excluding hydrogens is 543 g/mol. The molecular formula is C36H33FN2O4. The van der Waals surface area contributed by atoms with Crippen molar-refractivity contribution in [3.8, 4) is 28.4 Å². The fraction of sp³-hybridized carbons (Fsp3) is 0.194. The molecule has 0 atom stereocenters. The number of halogens is 1. The first kappa shape index (κ1) is 28.1. The number of phenolic OH excluding ortho intramolecular Hbond substituents is 1. The molecule has 4 aromatic carbocycles. The summed E-state index contributed by atoms with van der Waals surface area (Å²) < 4.78 is 27.8. The highest BCUT2D eigenvalue weighted by atomic mass is 19.1. The van der Waals surface area contributed by atoms with Crippen LogP contribution >= 0.6 is 0 Å². The Labute approximate surface area is 250 Å². The molecule has 0 saturated heterocycles. The smallest absolute Gasteiger partial charge is 0.254 e. The normalized spacial score (nSPS) is 15.3. The lowest BCUT2D eigenvalue weighted by atomic mass is 9.82. The highest BCUT2D eigenvalue weighted by Crippen LogP contribution is 2.54. The number of benzene rings is 4. The van der Waals surface area contributed by atoms with Crippen LogP contribution in [0, 0.1) is 5.82 Å². The van der Waals surface area contributed by atoms with Gasteiger partial charge < -0.3 is 24.8 Å². The van der Waals surface area contributed by atoms with Gasteiger partial charge in [-0.1, -0.05) is 48.5 Å². The van der Waals surface area contributed by atoms with Gasteiger partial charge in [-0.15, -0.1) is 0 Å². The molecule has 218 valence electrons. The number of allylic oxidation sites excluding steroid dienone is 1. The van der Waals surface area contributed by atoms with E-state index in [2.05, 4.69) is 25.2 Å². The van der Waals surface area contributed by atoms with Crippen molar-refractivity contribution in [2.75, 3.05) is 19.5 Å². The average molecular weight is 577 g/mol. The standard InChI is InChI=1S/C36H33FN2O4/c1-21-19-36(2,3)38-27-15-14-24-32(31(21)27)30(43-29-17-16-28(40)34(42-5)33(24)29)18-25-23(12-9-13-26(25)37)35(41)39(4)20-22-10-7-6-8-11-22/h6-19,38,40H,20H2,1-5H3. The summed E-state index contributed by atoms with van der Waals surface area (Å²) in [5.74, 6) is 0.245. The van der Waals surface area contributed by atoms with E-state index in [-0.39, 0.29) is 34.1 Å². The molecule has 2 heterocycles. The number of ether oxygens (including phenoxy) is 2. The molecule has 0 fully saturated rings. The largest absolute Gasteiger partial charge is 0.504 e. The molecule has 7 heteroatoms. The van der Waals surface area contributed by atoms with Gasteiger partial charge in [0.15, 0.2) is 11.5 Å². The Kier molecular flexibility index (Phi) is 6.97. The molecule has 0 bridgehead atoms. The van der Waals surface area contributed by atoms with Crippen LogP contribution in [-0.2, 0) is 6.54 Å². The van der Waals surface area contributed by atoms with Gasteiger partial charge in [-0.3, -0.25) is 4.79 Å². The summed E-state index contributed by atoms with van der Waals surface area (Å²) in [6.45, 7) is 6.59. The molecule has 43 heavy (non-hydrogen) atoms. The quantitative estimate of drug-likeness (QED) is 0.252. The zero-order valence-electron chi connectivity index (χ0n) is 24.8. The molecule has 2 aliphatic rings. The number of phenols is 1. The summed E-state index contributed by atoms with van der Waals surface area (Å²) in [6, 6.07) is 21.3. The van der Waals surface area contributed by atoms with Gasteiger partial charge >= 0.3 is 0 Å². The number of methoxy groups -OCH3 is 1. The van der Waals surface area contributed by atoms with Gasteiger partial charge in [0.25, 0.3) is 5.91 Å². The molecule has 0 aliphatic carbocycles. The summed E-state index contributed by atoms with van der Waals surface area (Å²) >= 11 is 0. The topological polar surface area (TPSA) is 71.0 Å². The van der Waals surface area contributed by atoms with Crippen LogP contribution < -0.4 is 14.8 Å². The van der Waals surface area contributed by atoms with Crippen molar-refractivity contribution in [2.45, 2.75) is 32.9 Å². The number of nitrogens with zero attached hydrogens (tertiary/aromatic N) is 1. The van der Waals surface area contributed by atoms with Crippen molar-refractivity contribution in [1.29, 1.82) is 0 Å². The van der Waals surface area contributed by atoms with Crippen LogP contribution in [0.15, 0.2) is 78.9 Å². The molecule has 4 aromatic rings. The number of carbonyl (C=O) groups excluding carboxylic acids is 1. The third kappa shape index (κ3) is 5.01. The monoisotopic (exact) mass is 576 g/mol. The van der Waals surface area contributed by atoms with Crippen LogP contribution in [0.5, 0.6) is 17.2 Å². The van der Waals surface area contributed by atoms with E-state index in [1.807, 2.05) is 49.4 Å². The third-order valence-corrected chi connectivity index (χ3v) is 7.84. The van der Waals surface area contributed by atoms with Crippen molar-refractivity contribution in [3.05, 3.63) is 113 Å². The Morgan fingerprint density at radius 2 is 1.79 bits per heavy atom. The Morgan fingerprint density at radius 1 is 1.02 bits per heavy atom. The van der Waals surface area contributed by atoms with Crippen LogP contribution in [0.1, 0.15) is 53.4 Å². The number of hydrogen-bond acceptors (Lipinski definition) is 5. The molecule has 0 aromatic heterocycles. The summed E-state index contributed by atoms with van der Waals surface area (Å²) in [5, 5.41) is 14.2. The highest BCUT2D eigenvalue weighted by Gasteiger charge is 2.34. The van der Waals surface area contributed by atoms with Gasteiger partial charge in [0.1, 0.15) is 17.3 Å². The van der Waals surface area contributed by atoms with E-state index < -0.39 is 5.82 Å². The predicted octanol–water partition coefficient (Wildman–Crippen LogP) is 7.98. The first-order chi connectivity index (χ1) is 20.6. The number of hydrogen-bond donors (Lipinski definition) is 2. The van der Waals surface area contributed by atoms with E-state index in [1.54, 1.807) is 36.2 Å². The Morgan fingerprint density at radius 3 is 2.53 bits per heavy atom. The molecule has 1 amide bonds. The lowest BCUT2D eigenvalue weighted by molar-refractivity contribution is 0.0784. The van der Waals surface area contributed by atoms with E-state index in [9.17, 15) is 9.90 Å². The Bertz CT molecular complexity index is 1830. The first-order valence-corrected chi connectivity index (χ1v) is 14.1. The summed E-state index contributed by atoms with van der Waals surface area (Å²) in [7, 11) is 3.20. The van der Waals surface area contributed by atoms with E-state index in [1.165, 1.54) is 19.2 Å². The number of carbonyl (C=O) groups is 1. The number of nitrogens with one attached hydrogen (secondary N) is 1. The van der Waals surface area contributed by atoms with Crippen molar-refractivity contribution < 1.29 is 23.8 Å². The minimum absolute atomic E-state index is 0.0177. The van der Waals surface area contributed by atoms with Crippen molar-refractivity contribution in [2.24, 2.45) is 0 Å². The molecule has 2 aliphatic heterocycles. The maximum atomic E-state index is 15.7. The fourth-order valence-corrected chi connectivity index (χ4v) is 6.08. The van der Waals surface area contributed by atoms with E-state index in [0.717, 1.165) is 28.0 Å². The molecule has 0 spiro atoms. The fourth-order valence-electron chi connectivity index (χ4n) is 6.08. The van der Waals surface area contributed by atoms with Crippen LogP contribution in [0.25, 0.3) is 28.5 Å². The molecule has 6 rings (SSSR count). The molecule has 0 saturated carbocycles. The number of fused-ring (bicyclic) bond motifs is 5. The van der Waals surface area contributed by atoms with E-state index in [4.69, 9.17) is 9.47 Å². The number of aromatic hydroxyl groups is 1. The Balaban J connectivity index is 1.55. The van der Waals surface area contributed by atoms with Gasteiger partial charge in [-0.2, -0.15) is 0 Å². The maximum Gasteiger partial charge on any atom is 0.254 e. The minimum Gasteiger partial charge on any atom is -0.504 e. The number of anilines is 1. The summed E-state index contributed by atoms with van der Waals surface area (Å²) in [4.78, 5) is 15.3. The van der Waals surface area contributed by atoms with E-state index in [0.29, 0.717) is 29.2 Å². The van der Waals surface area contributed by atoms with Crippen LogP contribution in [0.2, 0.25) is 0 Å². The maximum absolute atomic E-state index is 15.7. The molecule has 0 unspecified atom stereocenters. The van der Waals surface area contributed by atoms with Crippen molar-refractivity contribution in [3.63, 3.8) is 0 Å². The van der Waals surface area contributed by atoms with Gasteiger partial charge in [0.2, 0.25) is 0 Å². The molecule has 0 radical (unpaired) electrons. The number of amides is 1. The second-order valence-electron chi connectivity index (χ2n) is 11.5. The second kappa shape index (κ2) is 10.7. The van der Waals surface area contributed by atoms with E-state index >= 15 is 4.39 Å². The van der Waals surface area contributed by atoms with Crippen molar-refractivity contribution >= 4 is 29.0 Å². The Hall–Kier alpha value is -5.04. The summed E-state index contributed by atoms with van der Waals surface area (Å²) in [5.41, 5.74) is 5.92. The summed E-state index contributed by atoms with van der Waals surface area (Å²) in [6.07, 6.45) is 3.74. The first-order valence-electron chi connectivity index (χ1n) is 14.1. The van der Waals surface area contributed by atoms with Crippen molar-refractivity contribution in [1.82, 2.24) is 4.90 Å². The minimum atomic E-state index is -0.540. The van der Waals surface area contributed by atoms with Crippen LogP contribution in [0.3, 0.4) is 0 Å². The lowest BCUT2D eigenvalue weighted by Gasteiger charge is -2.35. The van der Waals surface area contributed by atoms with Gasteiger partial charge in [0.05, 0.1) is 18.2 Å². The van der Waals surface area contributed by atoms with Gasteiger partial charge in [0, 0.05) is 47.1 Å². The molecule has 6 nitrogen and oxygen atoms in total. The van der Waals surface area contributed by atoms with Gasteiger partial charge in [-0.25, -0.2) is 4.39 Å². The lowest BCUT2D eigenvalue weighted by Crippen LogP contribution is -2.32. The van der Waals surface area contributed by atoms with Crippen LogP contribution in [0.4, 0.5) is 10.1 Å². The van der Waals surface area contributed by atoms with Crippen LogP contribution in [-0.4, -0.2) is 35.6 Å². The second-order valence-corrected chi connectivity index (χ2v) is 11.5. The predicted molar refractivity (Wildman–Crippen MR) is 169 cm³/mol. The number of rotatable bonds is 5. The third-order valence-electron chi connectivity index (χ3n) is 7.84. The zero-order chi connectivity index (χ0) is 30.5. The SMILES string of the molecule is COc1c(O)ccc2c1-c1ccc3c(c1C(=Cc1c(F)cccc1C(=O)N(C)Cc1ccccc1)O2)C(C)=CC(C)(C)N3.